The van der Waals surface area contributed by atoms with Crippen LogP contribution in [0.2, 0.25) is 0 Å². The Morgan fingerprint density at radius 2 is 1.95 bits per heavy atom. The van der Waals surface area contributed by atoms with E-state index in [1.165, 1.54) is 22.9 Å². The van der Waals surface area contributed by atoms with Gasteiger partial charge in [-0.05, 0) is 95.7 Å². The maximum Gasteiger partial charge on any atom is 0.506 e. The van der Waals surface area contributed by atoms with Crippen LogP contribution in [0.1, 0.15) is 78.4 Å². The molecule has 1 saturated heterocycles. The van der Waals surface area contributed by atoms with Gasteiger partial charge < -0.3 is 14.7 Å². The summed E-state index contributed by atoms with van der Waals surface area (Å²) in [5, 5.41) is 8.83. The maximum absolute atomic E-state index is 13.9. The van der Waals surface area contributed by atoms with Gasteiger partial charge in [-0.15, -0.1) is 0 Å². The first kappa shape index (κ1) is 24.1. The van der Waals surface area contributed by atoms with E-state index in [4.69, 9.17) is 9.84 Å². The third kappa shape index (κ3) is 4.22. The van der Waals surface area contributed by atoms with Crippen LogP contribution in [0.4, 0.5) is 9.18 Å². The van der Waals surface area contributed by atoms with E-state index in [0.717, 1.165) is 43.2 Å². The molecule has 0 bridgehead atoms. The predicted molar refractivity (Wildman–Crippen MR) is 137 cm³/mol. The highest BCUT2D eigenvalue weighted by Crippen LogP contribution is 2.63. The standard InChI is InChI=1S/C30H33FN2O4/c1-30-11-8-24-23-4-3-19(28(34)33-12-9-22(10-13-33)37-29(35)36)14-18(23)2-5-25(24)27(30)7-6-26(30)20-15-21(31)17-32-16-20/h3-4,6,14-17,22,24-25,27H,2,5,7-13H2,1H3,(H,35,36)/t24?,25?,27?,30-/m1/s1. The number of carbonyl (C=O) groups excluding carboxylic acids is 1. The van der Waals surface area contributed by atoms with Crippen LogP contribution in [-0.2, 0) is 11.2 Å². The van der Waals surface area contributed by atoms with Gasteiger partial charge in [-0.3, -0.25) is 9.78 Å². The number of hydrogen-bond donors (Lipinski definition) is 1. The molecule has 4 atom stereocenters. The van der Waals surface area contributed by atoms with Crippen molar-refractivity contribution in [1.29, 1.82) is 0 Å². The first-order chi connectivity index (χ1) is 17.8. The number of piperidine rings is 1. The lowest BCUT2D eigenvalue weighted by Crippen LogP contribution is -2.42. The Morgan fingerprint density at radius 3 is 2.70 bits per heavy atom. The molecule has 1 amide bonds. The number of carboxylic acid groups (broad SMARTS) is 1. The minimum Gasteiger partial charge on any atom is -0.450 e. The van der Waals surface area contributed by atoms with Crippen LogP contribution in [-0.4, -0.2) is 46.2 Å². The minimum absolute atomic E-state index is 0.0169. The second-order valence-electron chi connectivity index (χ2n) is 11.4. The number of ether oxygens (including phenoxy) is 1. The largest absolute Gasteiger partial charge is 0.506 e. The Morgan fingerprint density at radius 1 is 1.14 bits per heavy atom. The molecule has 6 rings (SSSR count). The van der Waals surface area contributed by atoms with Gasteiger partial charge in [-0.2, -0.15) is 0 Å². The number of likely N-dealkylation sites (tertiary alicyclic amines) is 1. The lowest BCUT2D eigenvalue weighted by Gasteiger charge is -2.50. The molecule has 2 aromatic rings. The molecular formula is C30H33FN2O4. The van der Waals surface area contributed by atoms with Crippen molar-refractivity contribution in [2.75, 3.05) is 13.1 Å². The first-order valence-electron chi connectivity index (χ1n) is 13.5. The quantitative estimate of drug-likeness (QED) is 0.513. The van der Waals surface area contributed by atoms with Crippen molar-refractivity contribution in [2.45, 2.75) is 63.9 Å². The number of rotatable bonds is 3. The van der Waals surface area contributed by atoms with Gasteiger partial charge in [-0.1, -0.05) is 19.1 Å². The lowest BCUT2D eigenvalue weighted by atomic mass is 9.54. The van der Waals surface area contributed by atoms with Gasteiger partial charge in [0.25, 0.3) is 5.91 Å². The Bertz CT molecular complexity index is 1270. The van der Waals surface area contributed by atoms with Gasteiger partial charge in [0.1, 0.15) is 11.9 Å². The van der Waals surface area contributed by atoms with Crippen molar-refractivity contribution in [2.24, 2.45) is 17.3 Å². The summed E-state index contributed by atoms with van der Waals surface area (Å²) in [5.74, 6) is 1.34. The molecule has 3 aliphatic carbocycles. The number of benzene rings is 1. The number of hydrogen-bond acceptors (Lipinski definition) is 4. The van der Waals surface area contributed by atoms with Crippen molar-refractivity contribution in [1.82, 2.24) is 9.88 Å². The highest BCUT2D eigenvalue weighted by molar-refractivity contribution is 5.94. The molecule has 0 radical (unpaired) electrons. The summed E-state index contributed by atoms with van der Waals surface area (Å²) in [6.45, 7) is 3.38. The summed E-state index contributed by atoms with van der Waals surface area (Å²) >= 11 is 0. The zero-order valence-corrected chi connectivity index (χ0v) is 21.2. The Balaban J connectivity index is 1.17. The predicted octanol–water partition coefficient (Wildman–Crippen LogP) is 6.07. The van der Waals surface area contributed by atoms with Crippen molar-refractivity contribution < 1.29 is 23.8 Å². The highest BCUT2D eigenvalue weighted by atomic mass is 19.1. The fourth-order valence-electron chi connectivity index (χ4n) is 7.79. The highest BCUT2D eigenvalue weighted by Gasteiger charge is 2.52. The van der Waals surface area contributed by atoms with Crippen molar-refractivity contribution in [3.8, 4) is 0 Å². The normalized spacial score (nSPS) is 29.1. The number of halogens is 1. The number of carbonyl (C=O) groups is 2. The van der Waals surface area contributed by atoms with Crippen LogP contribution in [0.15, 0.2) is 42.7 Å². The van der Waals surface area contributed by atoms with E-state index in [-0.39, 0.29) is 23.2 Å². The van der Waals surface area contributed by atoms with E-state index in [1.54, 1.807) is 12.3 Å². The fraction of sp³-hybridized carbons (Fsp3) is 0.500. The Kier molecular flexibility index (Phi) is 6.04. The molecule has 2 fully saturated rings. The average Bonchev–Trinajstić information content (AvgIpc) is 3.25. The topological polar surface area (TPSA) is 79.7 Å². The summed E-state index contributed by atoms with van der Waals surface area (Å²) in [6.07, 6.45) is 10.1. The van der Waals surface area contributed by atoms with Crippen LogP contribution in [0, 0.1) is 23.1 Å². The number of aromatic nitrogens is 1. The van der Waals surface area contributed by atoms with Crippen molar-refractivity contribution >= 4 is 17.6 Å². The van der Waals surface area contributed by atoms with E-state index < -0.39 is 6.16 Å². The summed E-state index contributed by atoms with van der Waals surface area (Å²) in [5.41, 5.74) is 5.62. The van der Waals surface area contributed by atoms with Gasteiger partial charge >= 0.3 is 6.16 Å². The van der Waals surface area contributed by atoms with Gasteiger partial charge in [0.15, 0.2) is 0 Å². The second kappa shape index (κ2) is 9.26. The maximum atomic E-state index is 13.9. The van der Waals surface area contributed by atoms with E-state index in [9.17, 15) is 14.0 Å². The molecule has 1 aliphatic heterocycles. The van der Waals surface area contributed by atoms with Gasteiger partial charge in [-0.25, -0.2) is 9.18 Å². The molecule has 1 N–H and O–H groups in total. The van der Waals surface area contributed by atoms with Gasteiger partial charge in [0, 0.05) is 37.7 Å². The van der Waals surface area contributed by atoms with Crippen LogP contribution in [0.25, 0.3) is 5.57 Å². The molecule has 1 aromatic carbocycles. The second-order valence-corrected chi connectivity index (χ2v) is 11.4. The zero-order chi connectivity index (χ0) is 25.7. The Hall–Kier alpha value is -3.22. The Labute approximate surface area is 216 Å². The van der Waals surface area contributed by atoms with Crippen LogP contribution in [0.5, 0.6) is 0 Å². The smallest absolute Gasteiger partial charge is 0.450 e. The SMILES string of the molecule is C[C@]12CCC3c4ccc(C(=O)N5CCC(OC(=O)O)CC5)cc4CCC3C1CC=C2c1cncc(F)c1. The molecule has 1 saturated carbocycles. The summed E-state index contributed by atoms with van der Waals surface area (Å²) < 4.78 is 18.8. The van der Waals surface area contributed by atoms with Gasteiger partial charge in [0.2, 0.25) is 0 Å². The van der Waals surface area contributed by atoms with Crippen molar-refractivity contribution in [3.05, 3.63) is 70.8 Å². The van der Waals surface area contributed by atoms with E-state index in [0.29, 0.717) is 43.7 Å². The van der Waals surface area contributed by atoms with Gasteiger partial charge in [0.05, 0.1) is 6.20 Å². The minimum atomic E-state index is -1.25. The van der Waals surface area contributed by atoms with E-state index in [2.05, 4.69) is 30.1 Å². The molecule has 3 unspecified atom stereocenters. The summed E-state index contributed by atoms with van der Waals surface area (Å²) in [7, 11) is 0. The summed E-state index contributed by atoms with van der Waals surface area (Å²) in [6, 6.07) is 7.88. The number of fused-ring (bicyclic) bond motifs is 5. The first-order valence-corrected chi connectivity index (χ1v) is 13.5. The van der Waals surface area contributed by atoms with Crippen molar-refractivity contribution in [3.63, 3.8) is 0 Å². The molecule has 2 heterocycles. The average molecular weight is 505 g/mol. The molecule has 0 spiro atoms. The lowest BCUT2D eigenvalue weighted by molar-refractivity contribution is 0.0199. The number of allylic oxidation sites excluding steroid dienone is 2. The summed E-state index contributed by atoms with van der Waals surface area (Å²) in [4.78, 5) is 29.9. The molecular weight excluding hydrogens is 471 g/mol. The van der Waals surface area contributed by atoms with Crippen LogP contribution < -0.4 is 0 Å². The van der Waals surface area contributed by atoms with Crippen LogP contribution >= 0.6 is 0 Å². The molecule has 4 aliphatic rings. The number of pyridine rings is 1. The third-order valence-corrected chi connectivity index (χ3v) is 9.57. The molecule has 37 heavy (non-hydrogen) atoms. The molecule has 7 heteroatoms. The van der Waals surface area contributed by atoms with Crippen LogP contribution in [0.3, 0.4) is 0 Å². The fourth-order valence-corrected chi connectivity index (χ4v) is 7.79. The third-order valence-electron chi connectivity index (χ3n) is 9.57. The zero-order valence-electron chi connectivity index (χ0n) is 21.2. The number of aryl methyl sites for hydroxylation is 1. The number of amides is 1. The monoisotopic (exact) mass is 504 g/mol. The molecule has 6 nitrogen and oxygen atoms in total. The van der Waals surface area contributed by atoms with E-state index >= 15 is 0 Å². The van der Waals surface area contributed by atoms with E-state index in [1.807, 2.05) is 11.0 Å². The molecule has 1 aromatic heterocycles. The number of nitrogens with zero attached hydrogens (tertiary/aromatic N) is 2. The molecule has 194 valence electrons.